The number of rotatable bonds is 4. The van der Waals surface area contributed by atoms with Gasteiger partial charge in [-0.3, -0.25) is 0 Å². The summed E-state index contributed by atoms with van der Waals surface area (Å²) in [4.78, 5) is 4.89. The van der Waals surface area contributed by atoms with E-state index in [1.807, 2.05) is 24.3 Å². The third kappa shape index (κ3) is 2.84. The summed E-state index contributed by atoms with van der Waals surface area (Å²) in [6.07, 6.45) is -0.204. The molecule has 0 saturated heterocycles. The van der Waals surface area contributed by atoms with Gasteiger partial charge >= 0.3 is 0 Å². The molecule has 0 spiro atoms. The molecule has 3 N–H and O–H groups in total. The third-order valence-electron chi connectivity index (χ3n) is 4.49. The van der Waals surface area contributed by atoms with Gasteiger partial charge in [0.2, 0.25) is 0 Å². The Balaban J connectivity index is 1.63. The fourth-order valence-corrected chi connectivity index (χ4v) is 4.11. The fraction of sp³-hybridized carbons (Fsp3) is 0.105. The van der Waals surface area contributed by atoms with E-state index >= 15 is 0 Å². The molecule has 1 atom stereocenters. The second-order valence-corrected chi connectivity index (χ2v) is 7.05. The maximum atomic E-state index is 5.32. The highest BCUT2D eigenvalue weighted by molar-refractivity contribution is 7.18. The van der Waals surface area contributed by atoms with E-state index in [2.05, 4.69) is 56.3 Å². The second kappa shape index (κ2) is 6.49. The van der Waals surface area contributed by atoms with Gasteiger partial charge < -0.3 is 10.1 Å². The molecule has 1 unspecified atom stereocenters. The maximum absolute atomic E-state index is 5.32. The number of fused-ring (bicyclic) bond motifs is 3. The van der Waals surface area contributed by atoms with Crippen LogP contribution in [-0.4, -0.2) is 12.1 Å². The van der Waals surface area contributed by atoms with E-state index in [4.69, 9.17) is 9.72 Å². The van der Waals surface area contributed by atoms with Crippen LogP contribution >= 0.6 is 11.3 Å². The molecule has 0 amide bonds. The molecule has 2 aromatic heterocycles. The van der Waals surface area contributed by atoms with Gasteiger partial charge in [0.15, 0.2) is 6.17 Å². The van der Waals surface area contributed by atoms with E-state index in [1.54, 1.807) is 18.4 Å². The summed E-state index contributed by atoms with van der Waals surface area (Å²) in [5, 5.41) is 15.6. The summed E-state index contributed by atoms with van der Waals surface area (Å²) in [6.45, 7) is 0. The third-order valence-corrected chi connectivity index (χ3v) is 5.44. The molecule has 5 rings (SSSR count). The molecule has 0 radical (unpaired) electrons. The average molecular weight is 376 g/mol. The van der Waals surface area contributed by atoms with Crippen molar-refractivity contribution in [2.24, 2.45) is 10.3 Å². The number of nitrogens with one attached hydrogen (secondary N) is 3. The molecule has 1 aliphatic heterocycles. The Labute approximate surface area is 159 Å². The molecular weight excluding hydrogens is 360 g/mol. The first kappa shape index (κ1) is 16.0. The average Bonchev–Trinajstić information content (AvgIpc) is 3.40. The van der Waals surface area contributed by atoms with Gasteiger partial charge in [0, 0.05) is 27.2 Å². The standard InChI is InChI=1S/C19H16N6OS/c1-26-13-4-2-3-12(10-13)20-19-15-7-8-27-17(15)14-6-5-11(9-16(14)21-19)18-22-24-25-23-18/h2-10,18H,1H3,(H,20,21)(H,22,25)(H,23,24). The van der Waals surface area contributed by atoms with Crippen LogP contribution in [0.2, 0.25) is 0 Å². The van der Waals surface area contributed by atoms with E-state index in [0.717, 1.165) is 39.1 Å². The van der Waals surface area contributed by atoms with Gasteiger partial charge in [0.05, 0.1) is 12.6 Å². The number of thiophene rings is 1. The molecule has 3 heterocycles. The van der Waals surface area contributed by atoms with Crippen molar-refractivity contribution in [1.29, 1.82) is 0 Å². The Bertz CT molecular complexity index is 1170. The van der Waals surface area contributed by atoms with Crippen LogP contribution in [0.3, 0.4) is 0 Å². The van der Waals surface area contributed by atoms with Gasteiger partial charge in [-0.15, -0.1) is 16.5 Å². The largest absolute Gasteiger partial charge is 0.497 e. The van der Waals surface area contributed by atoms with Crippen molar-refractivity contribution in [1.82, 2.24) is 15.9 Å². The van der Waals surface area contributed by atoms with Crippen molar-refractivity contribution in [2.45, 2.75) is 6.17 Å². The van der Waals surface area contributed by atoms with Crippen molar-refractivity contribution < 1.29 is 4.74 Å². The van der Waals surface area contributed by atoms with Gasteiger partial charge in [-0.25, -0.2) is 10.5 Å². The van der Waals surface area contributed by atoms with Crippen LogP contribution in [0.4, 0.5) is 11.5 Å². The Morgan fingerprint density at radius 3 is 2.93 bits per heavy atom. The summed E-state index contributed by atoms with van der Waals surface area (Å²) < 4.78 is 6.52. The summed E-state index contributed by atoms with van der Waals surface area (Å²) in [6, 6.07) is 16.1. The molecule has 2 aromatic carbocycles. The molecule has 4 aromatic rings. The SMILES string of the molecule is COc1cccc(Nc2nc3cc(C4N=NNN4)ccc3c3sccc23)c1. The second-order valence-electron chi connectivity index (χ2n) is 6.13. The highest BCUT2D eigenvalue weighted by Crippen LogP contribution is 2.36. The Kier molecular flexibility index (Phi) is 3.84. The number of pyridine rings is 1. The van der Waals surface area contributed by atoms with Gasteiger partial charge in [-0.05, 0) is 35.2 Å². The summed E-state index contributed by atoms with van der Waals surface area (Å²) in [5.41, 5.74) is 8.51. The summed E-state index contributed by atoms with van der Waals surface area (Å²) >= 11 is 1.71. The maximum Gasteiger partial charge on any atom is 0.166 e. The van der Waals surface area contributed by atoms with Crippen LogP contribution in [0, 0.1) is 0 Å². The molecule has 0 saturated carbocycles. The highest BCUT2D eigenvalue weighted by atomic mass is 32.1. The van der Waals surface area contributed by atoms with Crippen LogP contribution in [-0.2, 0) is 0 Å². The van der Waals surface area contributed by atoms with Crippen molar-refractivity contribution >= 4 is 43.8 Å². The first-order valence-electron chi connectivity index (χ1n) is 8.44. The predicted molar refractivity (Wildman–Crippen MR) is 107 cm³/mol. The van der Waals surface area contributed by atoms with Crippen LogP contribution in [0.1, 0.15) is 11.7 Å². The minimum atomic E-state index is -0.204. The molecular formula is C19H16N6OS. The number of nitrogens with zero attached hydrogens (tertiary/aromatic N) is 3. The molecule has 134 valence electrons. The van der Waals surface area contributed by atoms with Gasteiger partial charge in [-0.2, -0.15) is 5.43 Å². The number of hydrogen-bond donors (Lipinski definition) is 3. The molecule has 0 aliphatic carbocycles. The Morgan fingerprint density at radius 2 is 2.07 bits per heavy atom. The smallest absolute Gasteiger partial charge is 0.166 e. The van der Waals surface area contributed by atoms with Crippen LogP contribution in [0.5, 0.6) is 5.75 Å². The van der Waals surface area contributed by atoms with E-state index in [-0.39, 0.29) is 6.17 Å². The first-order valence-corrected chi connectivity index (χ1v) is 9.32. The fourth-order valence-electron chi connectivity index (χ4n) is 3.18. The number of aromatic nitrogens is 1. The van der Waals surface area contributed by atoms with Crippen molar-refractivity contribution in [3.05, 3.63) is 59.5 Å². The zero-order valence-electron chi connectivity index (χ0n) is 14.4. The van der Waals surface area contributed by atoms with Crippen LogP contribution in [0.15, 0.2) is 64.2 Å². The lowest BCUT2D eigenvalue weighted by Crippen LogP contribution is -2.23. The first-order chi connectivity index (χ1) is 13.3. The molecule has 0 fully saturated rings. The number of benzene rings is 2. The minimum absolute atomic E-state index is 0.204. The molecule has 1 aliphatic rings. The number of hydrogen-bond acceptors (Lipinski definition) is 8. The van der Waals surface area contributed by atoms with E-state index in [0.29, 0.717) is 0 Å². The van der Waals surface area contributed by atoms with Crippen LogP contribution in [0.25, 0.3) is 21.0 Å². The number of ether oxygens (including phenoxy) is 1. The van der Waals surface area contributed by atoms with E-state index < -0.39 is 0 Å². The number of anilines is 2. The van der Waals surface area contributed by atoms with Gasteiger partial charge in [0.25, 0.3) is 0 Å². The normalized spacial score (nSPS) is 16.0. The highest BCUT2D eigenvalue weighted by Gasteiger charge is 2.16. The quantitative estimate of drug-likeness (QED) is 0.482. The zero-order valence-corrected chi connectivity index (χ0v) is 15.2. The predicted octanol–water partition coefficient (Wildman–Crippen LogP) is 4.68. The van der Waals surface area contributed by atoms with Crippen LogP contribution < -0.4 is 21.0 Å². The Morgan fingerprint density at radius 1 is 1.11 bits per heavy atom. The van der Waals surface area contributed by atoms with Crippen molar-refractivity contribution in [3.8, 4) is 5.75 Å². The van der Waals surface area contributed by atoms with E-state index in [1.165, 1.54) is 4.70 Å². The summed E-state index contributed by atoms with van der Waals surface area (Å²) in [7, 11) is 1.66. The van der Waals surface area contributed by atoms with Gasteiger partial charge in [-0.1, -0.05) is 23.4 Å². The lowest BCUT2D eigenvalue weighted by Gasteiger charge is -2.12. The molecule has 0 bridgehead atoms. The molecule has 8 heteroatoms. The van der Waals surface area contributed by atoms with Gasteiger partial charge in [0.1, 0.15) is 11.6 Å². The molecule has 27 heavy (non-hydrogen) atoms. The van der Waals surface area contributed by atoms with E-state index in [9.17, 15) is 0 Å². The molecule has 7 nitrogen and oxygen atoms in total. The Hall–Kier alpha value is -3.23. The summed E-state index contributed by atoms with van der Waals surface area (Å²) in [5.74, 6) is 1.62. The number of hydrazine groups is 1. The lowest BCUT2D eigenvalue weighted by atomic mass is 10.1. The monoisotopic (exact) mass is 376 g/mol. The minimum Gasteiger partial charge on any atom is -0.497 e. The number of methoxy groups -OCH3 is 1. The zero-order chi connectivity index (χ0) is 18.2. The lowest BCUT2D eigenvalue weighted by molar-refractivity contribution is 0.415. The van der Waals surface area contributed by atoms with Crippen molar-refractivity contribution in [3.63, 3.8) is 0 Å². The van der Waals surface area contributed by atoms with Crippen molar-refractivity contribution in [2.75, 3.05) is 12.4 Å². The topological polar surface area (TPSA) is 82.9 Å².